The Bertz CT molecular complexity index is 960. The molecule has 4 rings (SSSR count). The normalized spacial score (nSPS) is 23.8. The topological polar surface area (TPSA) is 89.5 Å². The number of amides is 2. The van der Waals surface area contributed by atoms with Gasteiger partial charge in [-0.25, -0.2) is 0 Å². The first kappa shape index (κ1) is 19.9. The molecule has 1 saturated carbocycles. The molecule has 1 aromatic carbocycles. The number of fused-ring (bicyclic) bond motifs is 2. The van der Waals surface area contributed by atoms with E-state index < -0.39 is 11.8 Å². The summed E-state index contributed by atoms with van der Waals surface area (Å²) in [6.07, 6.45) is 6.63. The second kappa shape index (κ2) is 8.57. The van der Waals surface area contributed by atoms with E-state index in [9.17, 15) is 9.59 Å². The molecule has 1 aromatic heterocycles. The molecule has 1 fully saturated rings. The number of hydrogen-bond donors (Lipinski definition) is 2. The predicted molar refractivity (Wildman–Crippen MR) is 112 cm³/mol. The first-order chi connectivity index (χ1) is 14.6. The Labute approximate surface area is 175 Å². The summed E-state index contributed by atoms with van der Waals surface area (Å²) in [5.41, 5.74) is 1.34. The molecule has 30 heavy (non-hydrogen) atoms. The molecule has 156 valence electrons. The monoisotopic (exact) mass is 407 g/mol. The Balaban J connectivity index is 1.48. The van der Waals surface area contributed by atoms with E-state index in [-0.39, 0.29) is 23.7 Å². The third-order valence-electron chi connectivity index (χ3n) is 5.90. The maximum Gasteiger partial charge on any atom is 0.229 e. The first-order valence-electron chi connectivity index (χ1n) is 9.99. The van der Waals surface area contributed by atoms with Gasteiger partial charge in [0.2, 0.25) is 11.8 Å². The number of allylic oxidation sites excluding steroid dienone is 2. The standard InChI is InChI=1S/C23H25N3O4/c1-29-17-8-9-18(19(12-17)30-2)26-23(28)21-15-7-6-14(11-15)20(21)22(27)25-13-16-5-3-4-10-24-16/h3-10,12,14-15,20-21H,11,13H2,1-2H3,(H,25,27)(H,26,28)/t14-,15+,20+,21+/m0/s1. The van der Waals surface area contributed by atoms with Crippen LogP contribution in [0.15, 0.2) is 54.7 Å². The zero-order valence-corrected chi connectivity index (χ0v) is 17.0. The Hall–Kier alpha value is -3.35. The van der Waals surface area contributed by atoms with Gasteiger partial charge in [-0.2, -0.15) is 0 Å². The van der Waals surface area contributed by atoms with Gasteiger partial charge in [0.1, 0.15) is 11.5 Å². The fourth-order valence-electron chi connectivity index (χ4n) is 4.45. The molecule has 0 saturated heterocycles. The summed E-state index contributed by atoms with van der Waals surface area (Å²) in [4.78, 5) is 30.4. The van der Waals surface area contributed by atoms with Crippen LogP contribution in [-0.4, -0.2) is 31.0 Å². The molecule has 2 aliphatic rings. The number of methoxy groups -OCH3 is 2. The molecular formula is C23H25N3O4. The van der Waals surface area contributed by atoms with E-state index >= 15 is 0 Å². The third kappa shape index (κ3) is 3.87. The number of carbonyl (C=O) groups excluding carboxylic acids is 2. The van der Waals surface area contributed by atoms with E-state index in [0.717, 1.165) is 12.1 Å². The molecule has 2 bridgehead atoms. The lowest BCUT2D eigenvalue weighted by Gasteiger charge is -2.26. The van der Waals surface area contributed by atoms with E-state index in [0.29, 0.717) is 23.7 Å². The van der Waals surface area contributed by atoms with Crippen LogP contribution in [0.1, 0.15) is 12.1 Å². The summed E-state index contributed by atoms with van der Waals surface area (Å²) < 4.78 is 10.6. The molecule has 7 heteroatoms. The maximum absolute atomic E-state index is 13.2. The molecule has 2 N–H and O–H groups in total. The highest BCUT2D eigenvalue weighted by atomic mass is 16.5. The van der Waals surface area contributed by atoms with Crippen molar-refractivity contribution in [2.24, 2.45) is 23.7 Å². The molecule has 1 heterocycles. The van der Waals surface area contributed by atoms with Crippen molar-refractivity contribution in [1.82, 2.24) is 10.3 Å². The lowest BCUT2D eigenvalue weighted by atomic mass is 9.81. The second-order valence-electron chi connectivity index (χ2n) is 7.59. The number of benzene rings is 1. The number of pyridine rings is 1. The van der Waals surface area contributed by atoms with Crippen LogP contribution in [0.25, 0.3) is 0 Å². The number of aromatic nitrogens is 1. The Morgan fingerprint density at radius 1 is 1.03 bits per heavy atom. The zero-order chi connectivity index (χ0) is 21.1. The summed E-state index contributed by atoms with van der Waals surface area (Å²) in [6.45, 7) is 0.345. The van der Waals surface area contributed by atoms with Gasteiger partial charge in [0, 0.05) is 12.3 Å². The molecule has 2 amide bonds. The number of rotatable bonds is 7. The van der Waals surface area contributed by atoms with Gasteiger partial charge in [-0.15, -0.1) is 0 Å². The number of ether oxygens (including phenoxy) is 2. The zero-order valence-electron chi connectivity index (χ0n) is 17.0. The molecule has 4 atom stereocenters. The second-order valence-corrected chi connectivity index (χ2v) is 7.59. The molecule has 0 radical (unpaired) electrons. The fourth-order valence-corrected chi connectivity index (χ4v) is 4.45. The first-order valence-corrected chi connectivity index (χ1v) is 9.99. The van der Waals surface area contributed by atoms with Gasteiger partial charge in [0.25, 0.3) is 0 Å². The van der Waals surface area contributed by atoms with E-state index in [4.69, 9.17) is 9.47 Å². The fraction of sp³-hybridized carbons (Fsp3) is 0.348. The smallest absolute Gasteiger partial charge is 0.229 e. The Morgan fingerprint density at radius 2 is 1.80 bits per heavy atom. The number of nitrogens with one attached hydrogen (secondary N) is 2. The largest absolute Gasteiger partial charge is 0.497 e. The molecular weight excluding hydrogens is 382 g/mol. The van der Waals surface area contributed by atoms with Crippen molar-refractivity contribution in [3.8, 4) is 11.5 Å². The third-order valence-corrected chi connectivity index (χ3v) is 5.90. The molecule has 0 spiro atoms. The van der Waals surface area contributed by atoms with Crippen LogP contribution in [0, 0.1) is 23.7 Å². The average Bonchev–Trinajstić information content (AvgIpc) is 3.40. The minimum Gasteiger partial charge on any atom is -0.497 e. The van der Waals surface area contributed by atoms with Crippen molar-refractivity contribution in [2.45, 2.75) is 13.0 Å². The molecule has 2 aliphatic carbocycles. The van der Waals surface area contributed by atoms with Crippen molar-refractivity contribution in [1.29, 1.82) is 0 Å². The maximum atomic E-state index is 13.2. The summed E-state index contributed by atoms with van der Waals surface area (Å²) in [7, 11) is 3.11. The quantitative estimate of drug-likeness (QED) is 0.689. The number of hydrogen-bond acceptors (Lipinski definition) is 5. The molecule has 0 unspecified atom stereocenters. The Morgan fingerprint density at radius 3 is 2.47 bits per heavy atom. The summed E-state index contributed by atoms with van der Waals surface area (Å²) in [5, 5.41) is 5.91. The van der Waals surface area contributed by atoms with Gasteiger partial charge >= 0.3 is 0 Å². The lowest BCUT2D eigenvalue weighted by Crippen LogP contribution is -2.41. The summed E-state index contributed by atoms with van der Waals surface area (Å²) >= 11 is 0. The van der Waals surface area contributed by atoms with Gasteiger partial charge in [-0.1, -0.05) is 18.2 Å². The van der Waals surface area contributed by atoms with Crippen LogP contribution in [-0.2, 0) is 16.1 Å². The van der Waals surface area contributed by atoms with Gasteiger partial charge < -0.3 is 20.1 Å². The minimum absolute atomic E-state index is 0.0600. The summed E-state index contributed by atoms with van der Waals surface area (Å²) in [6, 6.07) is 10.8. The van der Waals surface area contributed by atoms with Crippen LogP contribution in [0.3, 0.4) is 0 Å². The minimum atomic E-state index is -0.421. The van der Waals surface area contributed by atoms with E-state index in [1.54, 1.807) is 38.6 Å². The number of anilines is 1. The average molecular weight is 407 g/mol. The predicted octanol–water partition coefficient (Wildman–Crippen LogP) is 2.79. The van der Waals surface area contributed by atoms with Gasteiger partial charge in [0.15, 0.2) is 0 Å². The summed E-state index contributed by atoms with van der Waals surface area (Å²) in [5.74, 6) is 0.185. The van der Waals surface area contributed by atoms with E-state index in [1.807, 2.05) is 18.2 Å². The van der Waals surface area contributed by atoms with Gasteiger partial charge in [-0.3, -0.25) is 14.6 Å². The van der Waals surface area contributed by atoms with Crippen molar-refractivity contribution >= 4 is 17.5 Å². The number of carbonyl (C=O) groups is 2. The van der Waals surface area contributed by atoms with Crippen LogP contribution in [0.4, 0.5) is 5.69 Å². The van der Waals surface area contributed by atoms with Crippen LogP contribution < -0.4 is 20.1 Å². The SMILES string of the molecule is COc1ccc(NC(=O)[C@H]2[C@H](C(=O)NCc3ccccn3)[C@H]3C=C[C@@H]2C3)c(OC)c1. The van der Waals surface area contributed by atoms with Crippen molar-refractivity contribution in [3.05, 3.63) is 60.4 Å². The van der Waals surface area contributed by atoms with Crippen LogP contribution in [0.5, 0.6) is 11.5 Å². The molecule has 2 aromatic rings. The van der Waals surface area contributed by atoms with E-state index in [1.165, 1.54) is 0 Å². The molecule has 0 aliphatic heterocycles. The van der Waals surface area contributed by atoms with E-state index in [2.05, 4.69) is 27.8 Å². The highest BCUT2D eigenvalue weighted by molar-refractivity contribution is 5.98. The van der Waals surface area contributed by atoms with Gasteiger partial charge in [-0.05, 0) is 42.5 Å². The van der Waals surface area contributed by atoms with Crippen LogP contribution in [0.2, 0.25) is 0 Å². The van der Waals surface area contributed by atoms with Crippen molar-refractivity contribution in [2.75, 3.05) is 19.5 Å². The van der Waals surface area contributed by atoms with Crippen molar-refractivity contribution in [3.63, 3.8) is 0 Å². The van der Waals surface area contributed by atoms with Crippen LogP contribution >= 0.6 is 0 Å². The highest BCUT2D eigenvalue weighted by Gasteiger charge is 2.51. The molecule has 7 nitrogen and oxygen atoms in total. The van der Waals surface area contributed by atoms with Crippen molar-refractivity contribution < 1.29 is 19.1 Å². The highest BCUT2D eigenvalue weighted by Crippen LogP contribution is 2.48. The number of nitrogens with zero attached hydrogens (tertiary/aromatic N) is 1. The Kier molecular flexibility index (Phi) is 5.70. The lowest BCUT2D eigenvalue weighted by molar-refractivity contribution is -0.133. The van der Waals surface area contributed by atoms with Gasteiger partial charge in [0.05, 0.1) is 44.0 Å².